The van der Waals surface area contributed by atoms with Gasteiger partial charge >= 0.3 is 6.18 Å². The average Bonchev–Trinajstić information content (AvgIpc) is 2.37. The van der Waals surface area contributed by atoms with E-state index in [1.54, 1.807) is 19.2 Å². The van der Waals surface area contributed by atoms with Gasteiger partial charge < -0.3 is 15.0 Å². The van der Waals surface area contributed by atoms with E-state index >= 15 is 0 Å². The number of rotatable bonds is 4. The third kappa shape index (κ3) is 5.81. The fourth-order valence-electron chi connectivity index (χ4n) is 1.49. The molecule has 1 N–H and O–H groups in total. The van der Waals surface area contributed by atoms with Gasteiger partial charge in [0.1, 0.15) is 5.75 Å². The number of hydrogen-bond acceptors (Lipinski definition) is 2. The van der Waals surface area contributed by atoms with Crippen molar-refractivity contribution in [1.82, 2.24) is 10.2 Å². The van der Waals surface area contributed by atoms with Crippen molar-refractivity contribution in [2.75, 3.05) is 27.7 Å². The Morgan fingerprint density at radius 3 is 2.30 bits per heavy atom. The van der Waals surface area contributed by atoms with Crippen molar-refractivity contribution < 1.29 is 17.9 Å². The second kappa shape index (κ2) is 7.02. The molecule has 20 heavy (non-hydrogen) atoms. The Hall–Kier alpha value is -1.92. The SMILES string of the molecule is CN=C(NCc1ccc(OCC(F)(F)F)cc1)N(C)C. The van der Waals surface area contributed by atoms with Gasteiger partial charge in [-0.1, -0.05) is 12.1 Å². The minimum Gasteiger partial charge on any atom is -0.484 e. The van der Waals surface area contributed by atoms with E-state index in [1.165, 1.54) is 12.1 Å². The van der Waals surface area contributed by atoms with E-state index in [1.807, 2.05) is 19.0 Å². The Kier molecular flexibility index (Phi) is 5.66. The van der Waals surface area contributed by atoms with Crippen LogP contribution in [0.25, 0.3) is 0 Å². The van der Waals surface area contributed by atoms with Crippen molar-refractivity contribution in [2.45, 2.75) is 12.7 Å². The van der Waals surface area contributed by atoms with Crippen molar-refractivity contribution in [1.29, 1.82) is 0 Å². The summed E-state index contributed by atoms with van der Waals surface area (Å²) in [6.45, 7) is -0.748. The van der Waals surface area contributed by atoms with Gasteiger partial charge in [-0.05, 0) is 17.7 Å². The number of halogens is 3. The van der Waals surface area contributed by atoms with Crippen molar-refractivity contribution >= 4 is 5.96 Å². The van der Waals surface area contributed by atoms with Crippen molar-refractivity contribution in [3.8, 4) is 5.75 Å². The number of ether oxygens (including phenoxy) is 1. The lowest BCUT2D eigenvalue weighted by molar-refractivity contribution is -0.153. The molecule has 0 aliphatic heterocycles. The van der Waals surface area contributed by atoms with Gasteiger partial charge in [0, 0.05) is 27.7 Å². The summed E-state index contributed by atoms with van der Waals surface area (Å²) >= 11 is 0. The number of guanidine groups is 1. The highest BCUT2D eigenvalue weighted by Gasteiger charge is 2.28. The summed E-state index contributed by atoms with van der Waals surface area (Å²) in [6.07, 6.45) is -4.32. The summed E-state index contributed by atoms with van der Waals surface area (Å²) in [5.41, 5.74) is 0.923. The minimum absolute atomic E-state index is 0.197. The normalized spacial score (nSPS) is 12.2. The fraction of sp³-hybridized carbons (Fsp3) is 0.462. The maximum absolute atomic E-state index is 12.0. The Balaban J connectivity index is 2.51. The maximum Gasteiger partial charge on any atom is 0.422 e. The first-order chi connectivity index (χ1) is 9.31. The molecule has 1 aromatic rings. The second-order valence-electron chi connectivity index (χ2n) is 4.34. The molecule has 0 bridgehead atoms. The van der Waals surface area contributed by atoms with Crippen molar-refractivity contribution in [2.24, 2.45) is 4.99 Å². The molecule has 0 saturated carbocycles. The van der Waals surface area contributed by atoms with Gasteiger partial charge in [-0.25, -0.2) is 0 Å². The predicted molar refractivity (Wildman–Crippen MR) is 71.9 cm³/mol. The van der Waals surface area contributed by atoms with Gasteiger partial charge in [-0.15, -0.1) is 0 Å². The van der Waals surface area contributed by atoms with Crippen molar-refractivity contribution in [3.63, 3.8) is 0 Å². The van der Waals surface area contributed by atoms with Gasteiger partial charge in [-0.3, -0.25) is 4.99 Å². The predicted octanol–water partition coefficient (Wildman–Crippen LogP) is 2.26. The summed E-state index contributed by atoms with van der Waals surface area (Å²) in [4.78, 5) is 5.89. The summed E-state index contributed by atoms with van der Waals surface area (Å²) in [5.74, 6) is 0.922. The van der Waals surface area contributed by atoms with Crippen LogP contribution < -0.4 is 10.1 Å². The third-order valence-electron chi connectivity index (χ3n) is 2.41. The van der Waals surface area contributed by atoms with Crippen LogP contribution in [0.5, 0.6) is 5.75 Å². The van der Waals surface area contributed by atoms with Crippen LogP contribution in [-0.4, -0.2) is 44.8 Å². The van der Waals surface area contributed by atoms with Gasteiger partial charge in [0.25, 0.3) is 0 Å². The molecule has 0 amide bonds. The number of nitrogens with zero attached hydrogens (tertiary/aromatic N) is 2. The van der Waals surface area contributed by atoms with Crippen LogP contribution in [-0.2, 0) is 6.54 Å². The van der Waals surface area contributed by atoms with E-state index in [-0.39, 0.29) is 5.75 Å². The topological polar surface area (TPSA) is 36.9 Å². The molecule has 112 valence electrons. The van der Waals surface area contributed by atoms with Crippen LogP contribution in [0.4, 0.5) is 13.2 Å². The molecule has 0 radical (unpaired) electrons. The zero-order valence-corrected chi connectivity index (χ0v) is 11.7. The average molecular weight is 289 g/mol. The number of aliphatic imine (C=N–C) groups is 1. The minimum atomic E-state index is -4.32. The first-order valence-corrected chi connectivity index (χ1v) is 5.98. The molecule has 1 aromatic carbocycles. The molecule has 0 aliphatic rings. The first kappa shape index (κ1) is 16.1. The summed E-state index contributed by atoms with van der Waals surface area (Å²) in [7, 11) is 5.41. The van der Waals surface area contributed by atoms with Crippen LogP contribution in [0.1, 0.15) is 5.56 Å². The lowest BCUT2D eigenvalue weighted by Gasteiger charge is -2.17. The standard InChI is InChI=1S/C13H18F3N3O/c1-17-12(19(2)3)18-8-10-4-6-11(7-5-10)20-9-13(14,15)16/h4-7H,8-9H2,1-3H3,(H,17,18). The summed E-state index contributed by atoms with van der Waals surface area (Å²) in [5, 5.41) is 3.12. The molecule has 0 atom stereocenters. The highest BCUT2D eigenvalue weighted by Crippen LogP contribution is 2.18. The van der Waals surface area contributed by atoms with Gasteiger partial charge in [-0.2, -0.15) is 13.2 Å². The van der Waals surface area contributed by atoms with Crippen LogP contribution in [0.3, 0.4) is 0 Å². The van der Waals surface area contributed by atoms with Crippen LogP contribution >= 0.6 is 0 Å². The molecule has 0 unspecified atom stereocenters. The number of hydrogen-bond donors (Lipinski definition) is 1. The molecule has 0 aromatic heterocycles. The lowest BCUT2D eigenvalue weighted by atomic mass is 10.2. The van der Waals surface area contributed by atoms with E-state index in [0.29, 0.717) is 6.54 Å². The number of alkyl halides is 3. The molecule has 0 saturated heterocycles. The zero-order chi connectivity index (χ0) is 15.2. The maximum atomic E-state index is 12.0. The van der Waals surface area contributed by atoms with Crippen LogP contribution in [0.2, 0.25) is 0 Å². The molecule has 1 rings (SSSR count). The molecule has 0 fully saturated rings. The highest BCUT2D eigenvalue weighted by molar-refractivity contribution is 5.79. The zero-order valence-electron chi connectivity index (χ0n) is 11.7. The molecule has 4 nitrogen and oxygen atoms in total. The largest absolute Gasteiger partial charge is 0.484 e. The van der Waals surface area contributed by atoms with Crippen LogP contribution in [0, 0.1) is 0 Å². The summed E-state index contributed by atoms with van der Waals surface area (Å²) in [6, 6.07) is 6.45. The van der Waals surface area contributed by atoms with E-state index in [4.69, 9.17) is 0 Å². The van der Waals surface area contributed by atoms with E-state index in [0.717, 1.165) is 11.5 Å². The van der Waals surface area contributed by atoms with Crippen molar-refractivity contribution in [3.05, 3.63) is 29.8 Å². The van der Waals surface area contributed by atoms with Gasteiger partial charge in [0.2, 0.25) is 0 Å². The van der Waals surface area contributed by atoms with E-state index in [9.17, 15) is 13.2 Å². The van der Waals surface area contributed by atoms with E-state index in [2.05, 4.69) is 15.0 Å². The lowest BCUT2D eigenvalue weighted by Crippen LogP contribution is -2.35. The molecular formula is C13H18F3N3O. The number of nitrogens with one attached hydrogen (secondary N) is 1. The third-order valence-corrected chi connectivity index (χ3v) is 2.41. The number of benzene rings is 1. The molecule has 0 aliphatic carbocycles. The molecule has 7 heteroatoms. The molecular weight excluding hydrogens is 271 g/mol. The first-order valence-electron chi connectivity index (χ1n) is 5.98. The van der Waals surface area contributed by atoms with Gasteiger partial charge in [0.15, 0.2) is 12.6 Å². The quantitative estimate of drug-likeness (QED) is 0.682. The van der Waals surface area contributed by atoms with Gasteiger partial charge in [0.05, 0.1) is 0 Å². The van der Waals surface area contributed by atoms with Crippen LogP contribution in [0.15, 0.2) is 29.3 Å². The summed E-state index contributed by atoms with van der Waals surface area (Å²) < 4.78 is 40.6. The fourth-order valence-corrected chi connectivity index (χ4v) is 1.49. The monoisotopic (exact) mass is 289 g/mol. The Morgan fingerprint density at radius 1 is 1.25 bits per heavy atom. The smallest absolute Gasteiger partial charge is 0.422 e. The molecule has 0 spiro atoms. The Bertz CT molecular complexity index is 441. The highest BCUT2D eigenvalue weighted by atomic mass is 19.4. The Labute approximate surface area is 116 Å². The molecule has 0 heterocycles. The second-order valence-corrected chi connectivity index (χ2v) is 4.34. The Morgan fingerprint density at radius 2 is 1.85 bits per heavy atom. The van der Waals surface area contributed by atoms with E-state index < -0.39 is 12.8 Å².